The van der Waals surface area contributed by atoms with Crippen molar-refractivity contribution in [2.45, 2.75) is 39.8 Å². The molecule has 0 aliphatic rings. The number of hydrogen-bond donors (Lipinski definition) is 1. The summed E-state index contributed by atoms with van der Waals surface area (Å²) in [7, 11) is 1.96. The molecule has 108 valence electrons. The second-order valence-corrected chi connectivity index (χ2v) is 5.16. The molecule has 1 rings (SSSR count). The van der Waals surface area contributed by atoms with E-state index in [-0.39, 0.29) is 0 Å². The topological polar surface area (TPSA) is 24.5 Å². The molecule has 0 radical (unpaired) electrons. The molecule has 0 saturated carbocycles. The van der Waals surface area contributed by atoms with Gasteiger partial charge in [-0.05, 0) is 51.6 Å². The third-order valence-electron chi connectivity index (χ3n) is 3.17. The van der Waals surface area contributed by atoms with Crippen LogP contribution in [0, 0.1) is 0 Å². The maximum absolute atomic E-state index is 5.85. The highest BCUT2D eigenvalue weighted by atomic mass is 16.5. The quantitative estimate of drug-likeness (QED) is 0.742. The van der Waals surface area contributed by atoms with Crippen molar-refractivity contribution in [3.05, 3.63) is 29.8 Å². The molecule has 0 aliphatic carbocycles. The van der Waals surface area contributed by atoms with Crippen molar-refractivity contribution in [1.29, 1.82) is 0 Å². The summed E-state index contributed by atoms with van der Waals surface area (Å²) in [6.45, 7) is 10.5. The van der Waals surface area contributed by atoms with Crippen LogP contribution in [-0.4, -0.2) is 37.7 Å². The van der Waals surface area contributed by atoms with E-state index in [0.29, 0.717) is 6.04 Å². The molecule has 3 heteroatoms. The van der Waals surface area contributed by atoms with Crippen LogP contribution in [0.15, 0.2) is 24.3 Å². The maximum Gasteiger partial charge on any atom is 0.119 e. The van der Waals surface area contributed by atoms with E-state index in [0.717, 1.165) is 32.0 Å². The van der Waals surface area contributed by atoms with Crippen molar-refractivity contribution >= 4 is 0 Å². The zero-order valence-electron chi connectivity index (χ0n) is 12.8. The molecule has 0 spiro atoms. The van der Waals surface area contributed by atoms with Crippen LogP contribution < -0.4 is 10.1 Å². The van der Waals surface area contributed by atoms with Crippen LogP contribution in [0.4, 0.5) is 0 Å². The Hall–Kier alpha value is -1.06. The first-order valence-electron chi connectivity index (χ1n) is 7.27. The van der Waals surface area contributed by atoms with E-state index in [4.69, 9.17) is 4.74 Å². The van der Waals surface area contributed by atoms with Crippen molar-refractivity contribution in [1.82, 2.24) is 10.2 Å². The van der Waals surface area contributed by atoms with E-state index in [1.54, 1.807) is 0 Å². The van der Waals surface area contributed by atoms with Crippen LogP contribution in [0.3, 0.4) is 0 Å². The van der Waals surface area contributed by atoms with Gasteiger partial charge in [0.05, 0.1) is 0 Å². The maximum atomic E-state index is 5.85. The van der Waals surface area contributed by atoms with E-state index in [9.17, 15) is 0 Å². The molecule has 0 aromatic heterocycles. The fraction of sp³-hybridized carbons (Fsp3) is 0.625. The van der Waals surface area contributed by atoms with Gasteiger partial charge in [0, 0.05) is 19.1 Å². The number of rotatable bonds is 9. The Morgan fingerprint density at radius 2 is 2.05 bits per heavy atom. The smallest absolute Gasteiger partial charge is 0.119 e. The summed E-state index contributed by atoms with van der Waals surface area (Å²) in [5.74, 6) is 0.966. The van der Waals surface area contributed by atoms with Gasteiger partial charge in [-0.2, -0.15) is 0 Å². The first-order valence-corrected chi connectivity index (χ1v) is 7.27. The lowest BCUT2D eigenvalue weighted by atomic mass is 10.2. The summed E-state index contributed by atoms with van der Waals surface area (Å²) >= 11 is 0. The lowest BCUT2D eigenvalue weighted by molar-refractivity contribution is 0.176. The molecule has 3 nitrogen and oxygen atoms in total. The Labute approximate surface area is 118 Å². The number of hydrogen-bond acceptors (Lipinski definition) is 3. The first kappa shape index (κ1) is 16.0. The van der Waals surface area contributed by atoms with Gasteiger partial charge in [0.2, 0.25) is 0 Å². The summed E-state index contributed by atoms with van der Waals surface area (Å²) in [5.41, 5.74) is 1.26. The summed E-state index contributed by atoms with van der Waals surface area (Å²) in [4.78, 5) is 2.46. The van der Waals surface area contributed by atoms with Gasteiger partial charge in [-0.3, -0.25) is 4.90 Å². The summed E-state index contributed by atoms with van der Waals surface area (Å²) in [6, 6.07) is 8.88. The van der Waals surface area contributed by atoms with E-state index in [1.165, 1.54) is 12.0 Å². The Morgan fingerprint density at radius 1 is 1.26 bits per heavy atom. The fourth-order valence-corrected chi connectivity index (χ4v) is 2.15. The minimum Gasteiger partial charge on any atom is -0.492 e. The highest BCUT2D eigenvalue weighted by Gasteiger charge is 2.07. The largest absolute Gasteiger partial charge is 0.492 e. The summed E-state index contributed by atoms with van der Waals surface area (Å²) in [6.07, 6.45) is 1.19. The molecule has 0 fully saturated rings. The molecule has 0 bridgehead atoms. The van der Waals surface area contributed by atoms with E-state index < -0.39 is 0 Å². The molecular weight excluding hydrogens is 236 g/mol. The minimum atomic E-state index is 0.583. The Bertz CT molecular complexity index is 352. The molecule has 0 unspecified atom stereocenters. The van der Waals surface area contributed by atoms with Crippen LogP contribution in [0.25, 0.3) is 0 Å². The van der Waals surface area contributed by atoms with Crippen LogP contribution in [0.1, 0.15) is 32.8 Å². The Morgan fingerprint density at radius 3 is 2.68 bits per heavy atom. The van der Waals surface area contributed by atoms with Crippen LogP contribution >= 0.6 is 0 Å². The van der Waals surface area contributed by atoms with Gasteiger partial charge in [0.15, 0.2) is 0 Å². The second kappa shape index (κ2) is 8.94. The lowest BCUT2D eigenvalue weighted by Crippen LogP contribution is -2.35. The van der Waals surface area contributed by atoms with Gasteiger partial charge in [-0.15, -0.1) is 0 Å². The van der Waals surface area contributed by atoms with Gasteiger partial charge in [0.1, 0.15) is 12.4 Å². The Balaban J connectivity index is 2.41. The van der Waals surface area contributed by atoms with E-state index >= 15 is 0 Å². The lowest BCUT2D eigenvalue weighted by Gasteiger charge is -2.25. The molecule has 0 amide bonds. The van der Waals surface area contributed by atoms with Gasteiger partial charge >= 0.3 is 0 Å². The molecule has 1 aromatic carbocycles. The molecular formula is C16H28N2O. The molecule has 1 aromatic rings. The molecule has 0 heterocycles. The minimum absolute atomic E-state index is 0.583. The zero-order valence-corrected chi connectivity index (χ0v) is 12.8. The fourth-order valence-electron chi connectivity index (χ4n) is 2.15. The van der Waals surface area contributed by atoms with Crippen molar-refractivity contribution in [2.24, 2.45) is 0 Å². The summed E-state index contributed by atoms with van der Waals surface area (Å²) in [5, 5.41) is 3.15. The predicted octanol–water partition coefficient (Wildman–Crippen LogP) is 2.91. The standard InChI is InChI=1S/C16H28N2O/c1-5-9-18(14(2)3)10-11-19-16-8-6-7-15(12-16)13-17-4/h6-8,12,14,17H,5,9-11,13H2,1-4H3. The summed E-state index contributed by atoms with van der Waals surface area (Å²) < 4.78 is 5.85. The third-order valence-corrected chi connectivity index (χ3v) is 3.17. The van der Waals surface area contributed by atoms with Gasteiger partial charge in [-0.1, -0.05) is 19.1 Å². The van der Waals surface area contributed by atoms with Crippen molar-refractivity contribution < 1.29 is 4.74 Å². The van der Waals surface area contributed by atoms with Crippen LogP contribution in [-0.2, 0) is 6.54 Å². The zero-order chi connectivity index (χ0) is 14.1. The van der Waals surface area contributed by atoms with Crippen molar-refractivity contribution in [3.63, 3.8) is 0 Å². The number of ether oxygens (including phenoxy) is 1. The number of nitrogens with zero attached hydrogens (tertiary/aromatic N) is 1. The second-order valence-electron chi connectivity index (χ2n) is 5.16. The molecule has 0 saturated heterocycles. The van der Waals surface area contributed by atoms with E-state index in [1.807, 2.05) is 19.2 Å². The average Bonchev–Trinajstić information content (AvgIpc) is 2.38. The highest BCUT2D eigenvalue weighted by Crippen LogP contribution is 2.13. The molecule has 0 aliphatic heterocycles. The van der Waals surface area contributed by atoms with Crippen molar-refractivity contribution in [2.75, 3.05) is 26.7 Å². The predicted molar refractivity (Wildman–Crippen MR) is 81.7 cm³/mol. The van der Waals surface area contributed by atoms with Crippen LogP contribution in [0.2, 0.25) is 0 Å². The van der Waals surface area contributed by atoms with Crippen LogP contribution in [0.5, 0.6) is 5.75 Å². The number of benzene rings is 1. The first-order chi connectivity index (χ1) is 9.17. The normalized spacial score (nSPS) is 11.3. The van der Waals surface area contributed by atoms with Gasteiger partial charge < -0.3 is 10.1 Å². The molecule has 1 N–H and O–H groups in total. The number of nitrogens with one attached hydrogen (secondary N) is 1. The van der Waals surface area contributed by atoms with Crippen molar-refractivity contribution in [3.8, 4) is 5.75 Å². The highest BCUT2D eigenvalue weighted by molar-refractivity contribution is 5.28. The van der Waals surface area contributed by atoms with E-state index in [2.05, 4.69) is 43.1 Å². The monoisotopic (exact) mass is 264 g/mol. The van der Waals surface area contributed by atoms with Gasteiger partial charge in [0.25, 0.3) is 0 Å². The SMILES string of the molecule is CCCN(CCOc1cccc(CNC)c1)C(C)C. The molecule has 19 heavy (non-hydrogen) atoms. The average molecular weight is 264 g/mol. The Kier molecular flexibility index (Phi) is 7.53. The third kappa shape index (κ3) is 6.08. The molecule has 0 atom stereocenters. The van der Waals surface area contributed by atoms with Gasteiger partial charge in [-0.25, -0.2) is 0 Å².